The lowest BCUT2D eigenvalue weighted by Crippen LogP contribution is -2.30. The molecule has 0 aliphatic carbocycles. The normalized spacial score (nSPS) is 10.9. The van der Waals surface area contributed by atoms with E-state index in [4.69, 9.17) is 14.2 Å². The Balaban J connectivity index is 2.02. The number of ether oxygens (including phenoxy) is 3. The minimum Gasteiger partial charge on any atom is -0.493 e. The molecule has 0 saturated heterocycles. The zero-order valence-electron chi connectivity index (χ0n) is 19.3. The Morgan fingerprint density at radius 3 is 2.09 bits per heavy atom. The summed E-state index contributed by atoms with van der Waals surface area (Å²) in [4.78, 5) is 26.1. The highest BCUT2D eigenvalue weighted by molar-refractivity contribution is 9.10. The Bertz CT molecular complexity index is 1200. The molecule has 0 aliphatic rings. The van der Waals surface area contributed by atoms with Gasteiger partial charge in [0.1, 0.15) is 5.70 Å². The molecule has 2 N–H and O–H groups in total. The van der Waals surface area contributed by atoms with Crippen LogP contribution in [0.25, 0.3) is 6.08 Å². The van der Waals surface area contributed by atoms with Crippen molar-refractivity contribution in [3.05, 3.63) is 87.5 Å². The number of carbonyl (C=O) groups is 2. The first-order chi connectivity index (χ1) is 16.4. The van der Waals surface area contributed by atoms with Crippen molar-refractivity contribution in [1.82, 2.24) is 5.32 Å². The molecule has 0 bridgehead atoms. The van der Waals surface area contributed by atoms with Gasteiger partial charge in [0.05, 0.1) is 27.0 Å². The third-order valence-corrected chi connectivity index (χ3v) is 5.56. The first-order valence-corrected chi connectivity index (χ1v) is 11.1. The summed E-state index contributed by atoms with van der Waals surface area (Å²) >= 11 is 3.46. The van der Waals surface area contributed by atoms with E-state index in [1.165, 1.54) is 21.3 Å². The van der Waals surface area contributed by atoms with Gasteiger partial charge in [-0.1, -0.05) is 24.3 Å². The average molecular weight is 525 g/mol. The third kappa shape index (κ3) is 5.96. The van der Waals surface area contributed by atoms with Crippen LogP contribution in [0, 0.1) is 6.92 Å². The van der Waals surface area contributed by atoms with Gasteiger partial charge >= 0.3 is 0 Å². The van der Waals surface area contributed by atoms with Crippen molar-refractivity contribution in [1.29, 1.82) is 0 Å². The fourth-order valence-corrected chi connectivity index (χ4v) is 3.80. The molecule has 0 spiro atoms. The molecule has 8 heteroatoms. The van der Waals surface area contributed by atoms with Gasteiger partial charge in [0.15, 0.2) is 11.5 Å². The fourth-order valence-electron chi connectivity index (χ4n) is 3.20. The molecule has 3 aromatic carbocycles. The average Bonchev–Trinajstić information content (AvgIpc) is 2.85. The zero-order valence-corrected chi connectivity index (χ0v) is 20.9. The van der Waals surface area contributed by atoms with Crippen molar-refractivity contribution >= 4 is 39.5 Å². The molecule has 7 nitrogen and oxygen atoms in total. The summed E-state index contributed by atoms with van der Waals surface area (Å²) in [6.45, 7) is 1.95. The van der Waals surface area contributed by atoms with Gasteiger partial charge in [-0.15, -0.1) is 0 Å². The third-order valence-electron chi connectivity index (χ3n) is 4.90. The summed E-state index contributed by atoms with van der Waals surface area (Å²) in [5.74, 6) is 0.345. The molecule has 0 aliphatic heterocycles. The van der Waals surface area contributed by atoms with Gasteiger partial charge in [-0.05, 0) is 76.5 Å². The van der Waals surface area contributed by atoms with E-state index in [9.17, 15) is 9.59 Å². The highest BCUT2D eigenvalue weighted by Gasteiger charge is 2.18. The van der Waals surface area contributed by atoms with E-state index in [-0.39, 0.29) is 5.70 Å². The SMILES string of the molecule is COc1cc(C=C(NC(=O)c2ccccc2)C(=O)Nc2ccc(C)cc2Br)cc(OC)c1OC. The Labute approximate surface area is 206 Å². The van der Waals surface area contributed by atoms with E-state index >= 15 is 0 Å². The Hall–Kier alpha value is -3.78. The lowest BCUT2D eigenvalue weighted by molar-refractivity contribution is -0.113. The molecule has 0 heterocycles. The number of hydrogen-bond acceptors (Lipinski definition) is 5. The largest absolute Gasteiger partial charge is 0.493 e. The minimum atomic E-state index is -0.498. The summed E-state index contributed by atoms with van der Waals surface area (Å²) in [7, 11) is 4.52. The number of benzene rings is 3. The van der Waals surface area contributed by atoms with E-state index in [1.807, 2.05) is 25.1 Å². The number of aryl methyl sites for hydroxylation is 1. The van der Waals surface area contributed by atoms with E-state index in [0.717, 1.165) is 10.0 Å². The predicted octanol–water partition coefficient (Wildman–Crippen LogP) is 5.19. The number of methoxy groups -OCH3 is 3. The maximum absolute atomic E-state index is 13.3. The zero-order chi connectivity index (χ0) is 24.7. The molecule has 3 aromatic rings. The van der Waals surface area contributed by atoms with Crippen molar-refractivity contribution in [3.63, 3.8) is 0 Å². The summed E-state index contributed by atoms with van der Waals surface area (Å²) < 4.78 is 16.9. The van der Waals surface area contributed by atoms with E-state index in [2.05, 4.69) is 26.6 Å². The first kappa shape index (κ1) is 24.9. The van der Waals surface area contributed by atoms with Crippen LogP contribution in [0.15, 0.2) is 70.8 Å². The molecule has 0 unspecified atom stereocenters. The molecule has 0 aromatic heterocycles. The lowest BCUT2D eigenvalue weighted by atomic mass is 10.1. The number of carbonyl (C=O) groups excluding carboxylic acids is 2. The van der Waals surface area contributed by atoms with Gasteiger partial charge in [0.25, 0.3) is 11.8 Å². The summed E-state index contributed by atoms with van der Waals surface area (Å²) in [6, 6.07) is 17.6. The van der Waals surface area contributed by atoms with Gasteiger partial charge in [0, 0.05) is 10.0 Å². The van der Waals surface area contributed by atoms with Crippen molar-refractivity contribution in [2.45, 2.75) is 6.92 Å². The second-order valence-corrected chi connectivity index (χ2v) is 8.13. The lowest BCUT2D eigenvalue weighted by Gasteiger charge is -2.15. The minimum absolute atomic E-state index is 0.0376. The maximum Gasteiger partial charge on any atom is 0.272 e. The highest BCUT2D eigenvalue weighted by atomic mass is 79.9. The van der Waals surface area contributed by atoms with E-state index in [1.54, 1.807) is 48.5 Å². The van der Waals surface area contributed by atoms with Crippen molar-refractivity contribution in [3.8, 4) is 17.2 Å². The Morgan fingerprint density at radius 1 is 0.882 bits per heavy atom. The van der Waals surface area contributed by atoms with Crippen molar-refractivity contribution < 1.29 is 23.8 Å². The van der Waals surface area contributed by atoms with Crippen LogP contribution in [0.2, 0.25) is 0 Å². The quantitative estimate of drug-likeness (QED) is 0.396. The molecule has 3 rings (SSSR count). The summed E-state index contributed by atoms with van der Waals surface area (Å²) in [5.41, 5.74) is 2.63. The standard InChI is InChI=1S/C26H25BrN2O5/c1-16-10-11-20(19(27)12-16)28-26(31)21(29-25(30)18-8-6-5-7-9-18)13-17-14-22(32-2)24(34-4)23(15-17)33-3/h5-15H,1-4H3,(H,28,31)(H,29,30). The number of anilines is 1. The second kappa shape index (κ2) is 11.4. The number of halogens is 1. The Morgan fingerprint density at radius 2 is 1.53 bits per heavy atom. The van der Waals surface area contributed by atoms with Crippen LogP contribution in [0.5, 0.6) is 17.2 Å². The van der Waals surface area contributed by atoms with Crippen LogP contribution < -0.4 is 24.8 Å². The molecule has 0 radical (unpaired) electrons. The number of hydrogen-bond donors (Lipinski definition) is 2. The van der Waals surface area contributed by atoms with E-state index in [0.29, 0.717) is 34.1 Å². The molecule has 176 valence electrons. The van der Waals surface area contributed by atoms with Crippen LogP contribution >= 0.6 is 15.9 Å². The molecular weight excluding hydrogens is 500 g/mol. The smallest absolute Gasteiger partial charge is 0.272 e. The predicted molar refractivity (Wildman–Crippen MR) is 135 cm³/mol. The molecule has 0 fully saturated rings. The van der Waals surface area contributed by atoms with Gasteiger partial charge < -0.3 is 24.8 Å². The molecular formula is C26H25BrN2O5. The second-order valence-electron chi connectivity index (χ2n) is 7.27. The van der Waals surface area contributed by atoms with Crippen molar-refractivity contribution in [2.24, 2.45) is 0 Å². The maximum atomic E-state index is 13.3. The number of amides is 2. The topological polar surface area (TPSA) is 85.9 Å². The van der Waals surface area contributed by atoms with Crippen LogP contribution in [0.3, 0.4) is 0 Å². The van der Waals surface area contributed by atoms with Gasteiger partial charge in [-0.25, -0.2) is 0 Å². The van der Waals surface area contributed by atoms with Gasteiger partial charge in [0.2, 0.25) is 5.75 Å². The van der Waals surface area contributed by atoms with Crippen LogP contribution in [0.4, 0.5) is 5.69 Å². The molecule has 0 saturated carbocycles. The molecule has 0 atom stereocenters. The fraction of sp³-hybridized carbons (Fsp3) is 0.154. The molecule has 34 heavy (non-hydrogen) atoms. The van der Waals surface area contributed by atoms with Gasteiger partial charge in [-0.3, -0.25) is 9.59 Å². The van der Waals surface area contributed by atoms with Crippen LogP contribution in [0.1, 0.15) is 21.5 Å². The van der Waals surface area contributed by atoms with Crippen LogP contribution in [-0.2, 0) is 4.79 Å². The summed E-state index contributed by atoms with van der Waals surface area (Å²) in [5, 5.41) is 5.56. The van der Waals surface area contributed by atoms with E-state index < -0.39 is 11.8 Å². The monoisotopic (exact) mass is 524 g/mol. The Kier molecular flexibility index (Phi) is 8.32. The number of rotatable bonds is 8. The number of nitrogens with one attached hydrogen (secondary N) is 2. The molecule has 2 amide bonds. The first-order valence-electron chi connectivity index (χ1n) is 10.3. The summed E-state index contributed by atoms with van der Waals surface area (Å²) in [6.07, 6.45) is 1.54. The van der Waals surface area contributed by atoms with Crippen molar-refractivity contribution in [2.75, 3.05) is 26.6 Å². The highest BCUT2D eigenvalue weighted by Crippen LogP contribution is 2.38. The van der Waals surface area contributed by atoms with Gasteiger partial charge in [-0.2, -0.15) is 0 Å². The van der Waals surface area contributed by atoms with Crippen LogP contribution in [-0.4, -0.2) is 33.1 Å².